The van der Waals surface area contributed by atoms with Crippen molar-refractivity contribution in [1.29, 1.82) is 0 Å². The van der Waals surface area contributed by atoms with Crippen LogP contribution in [0.5, 0.6) is 0 Å². The fraction of sp³-hybridized carbons (Fsp3) is 0.100. The topological polar surface area (TPSA) is 72.7 Å². The van der Waals surface area contributed by atoms with Gasteiger partial charge < -0.3 is 5.32 Å². The highest BCUT2D eigenvalue weighted by Crippen LogP contribution is 2.23. The van der Waals surface area contributed by atoms with Crippen LogP contribution in [0.2, 0.25) is 0 Å². The molecule has 0 atom stereocenters. The Morgan fingerprint density at radius 2 is 1.92 bits per heavy atom. The van der Waals surface area contributed by atoms with Crippen LogP contribution in [0, 0.1) is 13.8 Å². The number of rotatable bonds is 3. The van der Waals surface area contributed by atoms with E-state index in [4.69, 9.17) is 0 Å². The summed E-state index contributed by atoms with van der Waals surface area (Å²) in [6, 6.07) is 15.2. The van der Waals surface area contributed by atoms with Crippen molar-refractivity contribution in [1.82, 2.24) is 19.7 Å². The molecule has 2 aromatic carbocycles. The molecule has 4 aromatic rings. The van der Waals surface area contributed by atoms with E-state index in [0.717, 1.165) is 27.8 Å². The second kappa shape index (κ2) is 6.40. The minimum atomic E-state index is -0.182. The van der Waals surface area contributed by atoms with E-state index < -0.39 is 0 Å². The van der Waals surface area contributed by atoms with Crippen LogP contribution in [0.3, 0.4) is 0 Å². The highest BCUT2D eigenvalue weighted by Gasteiger charge is 2.15. The smallest absolute Gasteiger partial charge is 0.256 e. The molecule has 1 amide bonds. The lowest BCUT2D eigenvalue weighted by atomic mass is 10.0. The number of carbonyl (C=O) groups is 1. The van der Waals surface area contributed by atoms with E-state index in [1.807, 2.05) is 62.4 Å². The first-order chi connectivity index (χ1) is 12.6. The maximum absolute atomic E-state index is 13.0. The normalized spacial score (nSPS) is 10.8. The molecule has 0 radical (unpaired) electrons. The second-order valence-corrected chi connectivity index (χ2v) is 6.14. The number of aryl methyl sites for hydroxylation is 2. The Balaban J connectivity index is 1.77. The molecule has 6 heteroatoms. The SMILES string of the molecule is Cc1ccc2nc(C)cc(C(=O)Nc3ccccc3-n3cncn3)c2c1. The Hall–Kier alpha value is -3.54. The fourth-order valence-electron chi connectivity index (χ4n) is 2.96. The van der Waals surface area contributed by atoms with Crippen molar-refractivity contribution < 1.29 is 4.79 Å². The average Bonchev–Trinajstić information content (AvgIpc) is 3.16. The summed E-state index contributed by atoms with van der Waals surface area (Å²) in [6.07, 6.45) is 3.06. The number of carbonyl (C=O) groups excluding carboxylic acids is 1. The van der Waals surface area contributed by atoms with Crippen LogP contribution < -0.4 is 5.32 Å². The molecule has 0 fully saturated rings. The molecular weight excluding hydrogens is 326 g/mol. The summed E-state index contributed by atoms with van der Waals surface area (Å²) >= 11 is 0. The zero-order valence-corrected chi connectivity index (χ0v) is 14.5. The van der Waals surface area contributed by atoms with E-state index in [0.29, 0.717) is 11.3 Å². The second-order valence-electron chi connectivity index (χ2n) is 6.14. The van der Waals surface area contributed by atoms with Crippen LogP contribution in [0.4, 0.5) is 5.69 Å². The number of benzene rings is 2. The molecule has 128 valence electrons. The van der Waals surface area contributed by atoms with Crippen LogP contribution in [-0.2, 0) is 0 Å². The summed E-state index contributed by atoms with van der Waals surface area (Å²) in [7, 11) is 0. The third-order valence-electron chi connectivity index (χ3n) is 4.15. The maximum Gasteiger partial charge on any atom is 0.256 e. The number of aromatic nitrogens is 4. The van der Waals surface area contributed by atoms with Gasteiger partial charge in [-0.05, 0) is 44.2 Å². The molecule has 26 heavy (non-hydrogen) atoms. The molecule has 0 bridgehead atoms. The summed E-state index contributed by atoms with van der Waals surface area (Å²) in [5.74, 6) is -0.182. The van der Waals surface area contributed by atoms with Gasteiger partial charge in [0.05, 0.1) is 22.5 Å². The van der Waals surface area contributed by atoms with Crippen molar-refractivity contribution in [2.45, 2.75) is 13.8 Å². The average molecular weight is 343 g/mol. The first-order valence-electron chi connectivity index (χ1n) is 8.25. The van der Waals surface area contributed by atoms with Crippen LogP contribution in [0.1, 0.15) is 21.6 Å². The molecule has 6 nitrogen and oxygen atoms in total. The van der Waals surface area contributed by atoms with Crippen LogP contribution >= 0.6 is 0 Å². The Morgan fingerprint density at radius 1 is 1.08 bits per heavy atom. The van der Waals surface area contributed by atoms with Crippen molar-refractivity contribution in [3.05, 3.63) is 78.0 Å². The molecule has 0 saturated carbocycles. The zero-order valence-electron chi connectivity index (χ0n) is 14.5. The van der Waals surface area contributed by atoms with Crippen molar-refractivity contribution in [3.63, 3.8) is 0 Å². The summed E-state index contributed by atoms with van der Waals surface area (Å²) in [4.78, 5) is 21.5. The quantitative estimate of drug-likeness (QED) is 0.616. The minimum Gasteiger partial charge on any atom is -0.320 e. The van der Waals surface area contributed by atoms with E-state index in [1.54, 1.807) is 11.0 Å². The molecule has 0 spiro atoms. The number of pyridine rings is 1. The van der Waals surface area contributed by atoms with Gasteiger partial charge in [-0.2, -0.15) is 5.10 Å². The molecule has 0 aliphatic heterocycles. The number of anilines is 1. The van der Waals surface area contributed by atoms with Gasteiger partial charge in [0.1, 0.15) is 12.7 Å². The van der Waals surface area contributed by atoms with E-state index in [2.05, 4.69) is 20.4 Å². The molecule has 0 aliphatic rings. The maximum atomic E-state index is 13.0. The highest BCUT2D eigenvalue weighted by atomic mass is 16.1. The molecule has 4 rings (SSSR count). The first-order valence-corrected chi connectivity index (χ1v) is 8.25. The predicted octanol–water partition coefficient (Wildman–Crippen LogP) is 3.68. The minimum absolute atomic E-state index is 0.182. The number of fused-ring (bicyclic) bond motifs is 1. The third kappa shape index (κ3) is 2.93. The lowest BCUT2D eigenvalue weighted by Crippen LogP contribution is -2.15. The Morgan fingerprint density at radius 3 is 2.73 bits per heavy atom. The molecule has 0 unspecified atom stereocenters. The Bertz CT molecular complexity index is 1100. The van der Waals surface area contributed by atoms with Crippen molar-refractivity contribution in [2.75, 3.05) is 5.32 Å². The summed E-state index contributed by atoms with van der Waals surface area (Å²) in [5, 5.41) is 7.98. The molecule has 2 aromatic heterocycles. The predicted molar refractivity (Wildman–Crippen MR) is 101 cm³/mol. The van der Waals surface area contributed by atoms with Crippen molar-refractivity contribution >= 4 is 22.5 Å². The molecule has 0 aliphatic carbocycles. The summed E-state index contributed by atoms with van der Waals surface area (Å²) < 4.78 is 1.62. The van der Waals surface area contributed by atoms with Gasteiger partial charge in [0.25, 0.3) is 5.91 Å². The lowest BCUT2D eigenvalue weighted by Gasteiger charge is -2.12. The van der Waals surface area contributed by atoms with Crippen molar-refractivity contribution in [3.8, 4) is 5.69 Å². The van der Waals surface area contributed by atoms with Crippen LogP contribution in [0.15, 0.2) is 61.2 Å². The van der Waals surface area contributed by atoms with Gasteiger partial charge in [0, 0.05) is 11.1 Å². The van der Waals surface area contributed by atoms with E-state index in [9.17, 15) is 4.79 Å². The fourth-order valence-corrected chi connectivity index (χ4v) is 2.96. The number of amides is 1. The van der Waals surface area contributed by atoms with E-state index in [1.165, 1.54) is 6.33 Å². The van der Waals surface area contributed by atoms with Gasteiger partial charge in [0.15, 0.2) is 0 Å². The number of hydrogen-bond donors (Lipinski definition) is 1. The van der Waals surface area contributed by atoms with Crippen LogP contribution in [-0.4, -0.2) is 25.7 Å². The monoisotopic (exact) mass is 343 g/mol. The van der Waals surface area contributed by atoms with Gasteiger partial charge in [0.2, 0.25) is 0 Å². The van der Waals surface area contributed by atoms with Gasteiger partial charge in [-0.15, -0.1) is 0 Å². The van der Waals surface area contributed by atoms with Crippen molar-refractivity contribution in [2.24, 2.45) is 0 Å². The number of nitrogens with one attached hydrogen (secondary N) is 1. The summed E-state index contributed by atoms with van der Waals surface area (Å²) in [6.45, 7) is 3.89. The Labute approximate surface area is 150 Å². The number of hydrogen-bond acceptors (Lipinski definition) is 4. The zero-order chi connectivity index (χ0) is 18.1. The van der Waals surface area contributed by atoms with Crippen LogP contribution in [0.25, 0.3) is 16.6 Å². The van der Waals surface area contributed by atoms with E-state index >= 15 is 0 Å². The Kier molecular flexibility index (Phi) is 3.93. The number of para-hydroxylation sites is 2. The van der Waals surface area contributed by atoms with Gasteiger partial charge in [-0.3, -0.25) is 9.78 Å². The van der Waals surface area contributed by atoms with E-state index in [-0.39, 0.29) is 5.91 Å². The number of nitrogens with zero attached hydrogens (tertiary/aromatic N) is 4. The third-order valence-corrected chi connectivity index (χ3v) is 4.15. The largest absolute Gasteiger partial charge is 0.320 e. The lowest BCUT2D eigenvalue weighted by molar-refractivity contribution is 0.102. The molecule has 2 heterocycles. The standard InChI is InChI=1S/C20H17N5O/c1-13-7-8-17-15(9-13)16(10-14(2)23-17)20(26)24-18-5-3-4-6-19(18)25-12-21-11-22-25/h3-12H,1-2H3,(H,24,26). The molecule has 1 N–H and O–H groups in total. The van der Waals surface area contributed by atoms with Gasteiger partial charge in [-0.25, -0.2) is 9.67 Å². The first kappa shape index (κ1) is 16.0. The molecular formula is C20H17N5O. The van der Waals surface area contributed by atoms with Gasteiger partial charge >= 0.3 is 0 Å². The summed E-state index contributed by atoms with van der Waals surface area (Å²) in [5.41, 5.74) is 4.72. The highest BCUT2D eigenvalue weighted by molar-refractivity contribution is 6.13. The van der Waals surface area contributed by atoms with Gasteiger partial charge in [-0.1, -0.05) is 23.8 Å². The molecule has 0 saturated heterocycles.